The molecule has 0 amide bonds. The summed E-state index contributed by atoms with van der Waals surface area (Å²) in [6, 6.07) is 0. The zero-order valence-corrected chi connectivity index (χ0v) is 5.99. The smallest absolute Gasteiger partial charge is 0.216 e. The van der Waals surface area contributed by atoms with Crippen LogP contribution >= 0.6 is 11.8 Å². The quantitative estimate of drug-likeness (QED) is 0.633. The highest BCUT2D eigenvalue weighted by Crippen LogP contribution is 2.11. The largest absolute Gasteiger partial charge is 0.368 e. The second kappa shape index (κ2) is 3.40. The molecule has 0 saturated heterocycles. The topological polar surface area (TPSA) is 67.6 Å². The molecule has 1 rings (SSSR count). The maximum atomic E-state index is 11.6. The zero-order chi connectivity index (χ0) is 7.40. The molecule has 0 aliphatic heterocycles. The van der Waals surface area contributed by atoms with Crippen LogP contribution in [-0.2, 0) is 0 Å². The number of H-pyrrole nitrogens is 1. The number of halogens is 1. The van der Waals surface area contributed by atoms with Gasteiger partial charge in [0.05, 0.1) is 6.67 Å². The van der Waals surface area contributed by atoms with Crippen LogP contribution in [0, 0.1) is 0 Å². The minimum absolute atomic E-state index is 0.265. The number of thioether (sulfide) groups is 1. The van der Waals surface area contributed by atoms with Crippen molar-refractivity contribution < 1.29 is 4.39 Å². The third-order valence-corrected chi connectivity index (χ3v) is 1.59. The van der Waals surface area contributed by atoms with Crippen LogP contribution in [0.2, 0.25) is 0 Å². The molecule has 0 bridgehead atoms. The molecule has 0 aliphatic rings. The number of rotatable bonds is 3. The highest BCUT2D eigenvalue weighted by atomic mass is 32.2. The van der Waals surface area contributed by atoms with Crippen molar-refractivity contribution in [1.29, 1.82) is 0 Å². The van der Waals surface area contributed by atoms with E-state index < -0.39 is 0 Å². The first-order valence-electron chi connectivity index (χ1n) is 2.69. The van der Waals surface area contributed by atoms with Gasteiger partial charge in [0.25, 0.3) is 0 Å². The van der Waals surface area contributed by atoms with E-state index in [0.29, 0.717) is 10.9 Å². The highest BCUT2D eigenvalue weighted by molar-refractivity contribution is 7.99. The van der Waals surface area contributed by atoms with E-state index in [1.807, 2.05) is 0 Å². The molecule has 1 heterocycles. The molecule has 0 atom stereocenters. The third-order valence-electron chi connectivity index (χ3n) is 0.791. The van der Waals surface area contributed by atoms with Gasteiger partial charge in [0.2, 0.25) is 11.1 Å². The second-order valence-corrected chi connectivity index (χ2v) is 2.60. The van der Waals surface area contributed by atoms with Crippen LogP contribution in [0.4, 0.5) is 10.3 Å². The van der Waals surface area contributed by atoms with Gasteiger partial charge in [-0.2, -0.15) is 4.98 Å². The van der Waals surface area contributed by atoms with Gasteiger partial charge in [0, 0.05) is 5.75 Å². The van der Waals surface area contributed by atoms with Crippen LogP contribution in [0.5, 0.6) is 0 Å². The number of nitrogen functional groups attached to an aromatic ring is 1. The Labute approximate surface area is 61.4 Å². The fourth-order valence-electron chi connectivity index (χ4n) is 0.453. The van der Waals surface area contributed by atoms with Gasteiger partial charge in [-0.05, 0) is 0 Å². The van der Waals surface area contributed by atoms with E-state index in [9.17, 15) is 4.39 Å². The van der Waals surface area contributed by atoms with Crippen molar-refractivity contribution in [2.45, 2.75) is 5.16 Å². The lowest BCUT2D eigenvalue weighted by molar-refractivity contribution is 0.532. The van der Waals surface area contributed by atoms with Gasteiger partial charge in [-0.15, -0.1) is 5.10 Å². The maximum absolute atomic E-state index is 11.6. The van der Waals surface area contributed by atoms with Crippen LogP contribution in [0.3, 0.4) is 0 Å². The summed E-state index contributed by atoms with van der Waals surface area (Å²) in [5.74, 6) is 0.637. The molecule has 0 unspecified atom stereocenters. The fraction of sp³-hybridized carbons (Fsp3) is 0.500. The summed E-state index contributed by atoms with van der Waals surface area (Å²) in [4.78, 5) is 3.76. The van der Waals surface area contributed by atoms with Crippen LogP contribution in [0.25, 0.3) is 0 Å². The average Bonchev–Trinajstić information content (AvgIpc) is 2.31. The van der Waals surface area contributed by atoms with E-state index in [1.165, 1.54) is 11.8 Å². The fourth-order valence-corrected chi connectivity index (χ4v) is 0.985. The van der Waals surface area contributed by atoms with Gasteiger partial charge in [-0.1, -0.05) is 11.8 Å². The summed E-state index contributed by atoms with van der Waals surface area (Å²) >= 11 is 1.23. The minimum atomic E-state index is -0.376. The average molecular weight is 162 g/mol. The molecule has 0 radical (unpaired) electrons. The zero-order valence-electron chi connectivity index (χ0n) is 5.17. The number of hydrogen-bond donors (Lipinski definition) is 2. The Hall–Kier alpha value is -0.780. The first-order chi connectivity index (χ1) is 4.83. The van der Waals surface area contributed by atoms with Gasteiger partial charge in [0.1, 0.15) is 0 Å². The van der Waals surface area contributed by atoms with Gasteiger partial charge in [-0.3, -0.25) is 4.39 Å². The first-order valence-corrected chi connectivity index (χ1v) is 3.68. The molecule has 1 aromatic heterocycles. The van der Waals surface area contributed by atoms with Gasteiger partial charge in [-0.25, -0.2) is 5.10 Å². The van der Waals surface area contributed by atoms with Crippen molar-refractivity contribution >= 4 is 17.7 Å². The molecule has 0 fully saturated rings. The lowest BCUT2D eigenvalue weighted by atomic mass is 10.9. The summed E-state index contributed by atoms with van der Waals surface area (Å²) in [7, 11) is 0. The number of hydrogen-bond acceptors (Lipinski definition) is 4. The van der Waals surface area contributed by atoms with E-state index in [-0.39, 0.29) is 12.6 Å². The summed E-state index contributed by atoms with van der Waals surface area (Å²) < 4.78 is 11.6. The van der Waals surface area contributed by atoms with Crippen molar-refractivity contribution in [2.75, 3.05) is 18.2 Å². The number of anilines is 1. The Morgan fingerprint density at radius 2 is 2.50 bits per heavy atom. The molecule has 0 saturated carbocycles. The number of nitrogens with zero attached hydrogens (tertiary/aromatic N) is 2. The number of aromatic amines is 1. The molecule has 0 aromatic carbocycles. The predicted octanol–water partition coefficient (Wildman–Crippen LogP) is 0.448. The molecule has 56 valence electrons. The van der Waals surface area contributed by atoms with E-state index in [4.69, 9.17) is 5.73 Å². The van der Waals surface area contributed by atoms with Crippen LogP contribution < -0.4 is 5.73 Å². The minimum Gasteiger partial charge on any atom is -0.368 e. The third kappa shape index (κ3) is 1.87. The molecule has 4 nitrogen and oxygen atoms in total. The SMILES string of the molecule is Nc1nc(SCCF)n[nH]1. The number of nitrogens with one attached hydrogen (secondary N) is 1. The van der Waals surface area contributed by atoms with E-state index in [0.717, 1.165) is 0 Å². The van der Waals surface area contributed by atoms with Crippen LogP contribution in [-0.4, -0.2) is 27.6 Å². The molecule has 0 spiro atoms. The number of nitrogens with two attached hydrogens (primary N) is 1. The number of aromatic nitrogens is 3. The van der Waals surface area contributed by atoms with Crippen LogP contribution in [0.15, 0.2) is 5.16 Å². The van der Waals surface area contributed by atoms with Gasteiger partial charge < -0.3 is 5.73 Å². The normalized spacial score (nSPS) is 10.1. The summed E-state index contributed by atoms with van der Waals surface area (Å²) in [5.41, 5.74) is 5.21. The molecular weight excluding hydrogens is 155 g/mol. The standard InChI is InChI=1S/C4H7FN4S/c5-1-2-10-4-7-3(6)8-9-4/h1-2H2,(H3,6,7,8,9). The van der Waals surface area contributed by atoms with Crippen molar-refractivity contribution in [1.82, 2.24) is 15.2 Å². The lowest BCUT2D eigenvalue weighted by Crippen LogP contribution is -1.85. The number of alkyl halides is 1. The molecule has 3 N–H and O–H groups in total. The molecule has 10 heavy (non-hydrogen) atoms. The maximum Gasteiger partial charge on any atom is 0.216 e. The molecule has 6 heteroatoms. The van der Waals surface area contributed by atoms with E-state index in [1.54, 1.807) is 0 Å². The van der Waals surface area contributed by atoms with Gasteiger partial charge in [0.15, 0.2) is 0 Å². The highest BCUT2D eigenvalue weighted by Gasteiger charge is 1.98. The van der Waals surface area contributed by atoms with Crippen LogP contribution in [0.1, 0.15) is 0 Å². The van der Waals surface area contributed by atoms with Crippen molar-refractivity contribution in [2.24, 2.45) is 0 Å². The Kier molecular flexibility index (Phi) is 2.49. The summed E-state index contributed by atoms with van der Waals surface area (Å²) in [6.07, 6.45) is 0. The molecule has 1 aromatic rings. The van der Waals surface area contributed by atoms with Crippen molar-refractivity contribution in [3.63, 3.8) is 0 Å². The molecular formula is C4H7FN4S. The summed E-state index contributed by atoms with van der Waals surface area (Å²) in [5, 5.41) is 6.63. The monoisotopic (exact) mass is 162 g/mol. The summed E-state index contributed by atoms with van der Waals surface area (Å²) in [6.45, 7) is -0.376. The molecule has 0 aliphatic carbocycles. The predicted molar refractivity (Wildman–Crippen MR) is 37.5 cm³/mol. The van der Waals surface area contributed by atoms with Crippen molar-refractivity contribution in [3.8, 4) is 0 Å². The Bertz CT molecular complexity index is 201. The Balaban J connectivity index is 2.42. The second-order valence-electron chi connectivity index (χ2n) is 1.54. The Morgan fingerprint density at radius 1 is 1.70 bits per heavy atom. The lowest BCUT2D eigenvalue weighted by Gasteiger charge is -1.86. The Morgan fingerprint density at radius 3 is 3.00 bits per heavy atom. The van der Waals surface area contributed by atoms with E-state index in [2.05, 4.69) is 15.2 Å². The first kappa shape index (κ1) is 7.33. The van der Waals surface area contributed by atoms with E-state index >= 15 is 0 Å². The van der Waals surface area contributed by atoms with Gasteiger partial charge >= 0.3 is 0 Å². The van der Waals surface area contributed by atoms with Crippen molar-refractivity contribution in [3.05, 3.63) is 0 Å².